The molecule has 1 atom stereocenters. The summed E-state index contributed by atoms with van der Waals surface area (Å²) in [6.07, 6.45) is 4.90. The molecule has 1 unspecified atom stereocenters. The van der Waals surface area contributed by atoms with E-state index >= 15 is 0 Å². The number of ether oxygens (including phenoxy) is 1. The predicted molar refractivity (Wildman–Crippen MR) is 123 cm³/mol. The van der Waals surface area contributed by atoms with E-state index in [4.69, 9.17) is 4.74 Å². The highest BCUT2D eigenvalue weighted by Crippen LogP contribution is 2.26. The Hall–Kier alpha value is -3.66. The van der Waals surface area contributed by atoms with Crippen LogP contribution in [-0.2, 0) is 11.3 Å². The number of aromatic nitrogens is 4. The average Bonchev–Trinajstić information content (AvgIpc) is 3.40. The van der Waals surface area contributed by atoms with Gasteiger partial charge >= 0.3 is 0 Å². The number of rotatable bonds is 7. The summed E-state index contributed by atoms with van der Waals surface area (Å²) in [6, 6.07) is 13.6. The summed E-state index contributed by atoms with van der Waals surface area (Å²) < 4.78 is 5.91. The van der Waals surface area contributed by atoms with Crippen LogP contribution in [0.25, 0.3) is 22.2 Å². The van der Waals surface area contributed by atoms with Crippen molar-refractivity contribution in [3.63, 3.8) is 0 Å². The van der Waals surface area contributed by atoms with Gasteiger partial charge in [-0.2, -0.15) is 5.10 Å². The lowest BCUT2D eigenvalue weighted by molar-refractivity contribution is -0.125. The quantitative estimate of drug-likeness (QED) is 0.419. The van der Waals surface area contributed by atoms with Gasteiger partial charge in [0.15, 0.2) is 12.5 Å². The maximum absolute atomic E-state index is 10.8. The van der Waals surface area contributed by atoms with Crippen LogP contribution in [0.3, 0.4) is 0 Å². The van der Waals surface area contributed by atoms with E-state index < -0.39 is 6.23 Å². The molecule has 1 aliphatic rings. The van der Waals surface area contributed by atoms with Crippen molar-refractivity contribution in [2.24, 2.45) is 0 Å². The molecule has 9 nitrogen and oxygen atoms in total. The molecular formula is C24H24N6O3. The van der Waals surface area contributed by atoms with Gasteiger partial charge < -0.3 is 9.84 Å². The van der Waals surface area contributed by atoms with Gasteiger partial charge in [0.05, 0.1) is 11.2 Å². The fraction of sp³-hybridized carbons (Fsp3) is 0.250. The number of H-pyrrole nitrogens is 1. The molecule has 0 amide bonds. The van der Waals surface area contributed by atoms with Gasteiger partial charge in [0.1, 0.15) is 5.75 Å². The van der Waals surface area contributed by atoms with Crippen LogP contribution in [0.15, 0.2) is 61.1 Å². The van der Waals surface area contributed by atoms with Crippen molar-refractivity contribution in [2.75, 3.05) is 26.2 Å². The summed E-state index contributed by atoms with van der Waals surface area (Å²) in [7, 11) is 0. The second-order valence-electron chi connectivity index (χ2n) is 8.02. The minimum Gasteiger partial charge on any atom is -0.439 e. The van der Waals surface area contributed by atoms with Gasteiger partial charge in [-0.15, -0.1) is 0 Å². The highest BCUT2D eigenvalue weighted by Gasteiger charge is 2.21. The standard InChI is InChI=1S/C24H24N6O3/c31-16-24(32)30-9-7-29(8-10-30)15-17-11-18-1-3-20(12-22(18)25-13-17)33-23-4-2-19(14-26-23)21-5-6-27-28-21/h1-6,11-14,16,24,32H,7-10,15H2,(H,27,28). The molecule has 0 saturated carbocycles. The number of aliphatic hydroxyl groups is 1. The van der Waals surface area contributed by atoms with Crippen molar-refractivity contribution >= 4 is 17.2 Å². The molecule has 0 aliphatic carbocycles. The van der Waals surface area contributed by atoms with E-state index in [1.807, 2.05) is 42.6 Å². The average molecular weight is 444 g/mol. The van der Waals surface area contributed by atoms with Gasteiger partial charge in [0.2, 0.25) is 5.88 Å². The molecule has 5 rings (SSSR count). The van der Waals surface area contributed by atoms with E-state index in [0.717, 1.165) is 47.4 Å². The minimum absolute atomic E-state index is 0.507. The largest absolute Gasteiger partial charge is 0.439 e. The molecule has 3 aromatic heterocycles. The van der Waals surface area contributed by atoms with Crippen LogP contribution in [0, 0.1) is 0 Å². The van der Waals surface area contributed by atoms with E-state index in [1.165, 1.54) is 0 Å². The van der Waals surface area contributed by atoms with Gasteiger partial charge in [0.25, 0.3) is 0 Å². The number of pyridine rings is 2. The minimum atomic E-state index is -1.00. The van der Waals surface area contributed by atoms with Crippen LogP contribution < -0.4 is 4.74 Å². The molecule has 2 N–H and O–H groups in total. The van der Waals surface area contributed by atoms with Crippen molar-refractivity contribution in [3.8, 4) is 22.9 Å². The summed E-state index contributed by atoms with van der Waals surface area (Å²) in [5.74, 6) is 1.18. The van der Waals surface area contributed by atoms with Crippen LogP contribution >= 0.6 is 0 Å². The summed E-state index contributed by atoms with van der Waals surface area (Å²) >= 11 is 0. The maximum Gasteiger partial charge on any atom is 0.219 e. The van der Waals surface area contributed by atoms with Gasteiger partial charge in [-0.05, 0) is 35.9 Å². The van der Waals surface area contributed by atoms with Crippen molar-refractivity contribution in [2.45, 2.75) is 12.8 Å². The maximum atomic E-state index is 10.8. The summed E-state index contributed by atoms with van der Waals surface area (Å²) in [5, 5.41) is 17.6. The Balaban J connectivity index is 1.22. The molecule has 0 spiro atoms. The number of piperazine rings is 1. The van der Waals surface area contributed by atoms with Crippen LogP contribution in [0.5, 0.6) is 11.6 Å². The van der Waals surface area contributed by atoms with Crippen LogP contribution in [0.2, 0.25) is 0 Å². The van der Waals surface area contributed by atoms with Crippen molar-refractivity contribution in [1.29, 1.82) is 0 Å². The second kappa shape index (κ2) is 9.45. The van der Waals surface area contributed by atoms with E-state index in [2.05, 4.69) is 31.1 Å². The fourth-order valence-electron chi connectivity index (χ4n) is 3.96. The Morgan fingerprint density at radius 3 is 2.67 bits per heavy atom. The highest BCUT2D eigenvalue weighted by molar-refractivity contribution is 5.80. The second-order valence-corrected chi connectivity index (χ2v) is 8.02. The van der Waals surface area contributed by atoms with E-state index in [1.54, 1.807) is 17.3 Å². The third-order valence-electron chi connectivity index (χ3n) is 5.79. The number of nitrogens with one attached hydrogen (secondary N) is 1. The Morgan fingerprint density at radius 1 is 1.06 bits per heavy atom. The smallest absolute Gasteiger partial charge is 0.219 e. The zero-order valence-corrected chi connectivity index (χ0v) is 18.0. The zero-order chi connectivity index (χ0) is 22.6. The molecule has 0 radical (unpaired) electrons. The van der Waals surface area contributed by atoms with Crippen molar-refractivity contribution in [3.05, 3.63) is 66.6 Å². The first-order chi connectivity index (χ1) is 16.2. The lowest BCUT2D eigenvalue weighted by atomic mass is 10.1. The number of aldehydes is 1. The first-order valence-electron chi connectivity index (χ1n) is 10.8. The lowest BCUT2D eigenvalue weighted by Crippen LogP contribution is -2.50. The van der Waals surface area contributed by atoms with Crippen molar-refractivity contribution < 1.29 is 14.6 Å². The number of carbonyl (C=O) groups is 1. The molecule has 1 aromatic carbocycles. The molecular weight excluding hydrogens is 420 g/mol. The summed E-state index contributed by atoms with van der Waals surface area (Å²) in [5.41, 5.74) is 3.81. The Labute approximate surface area is 190 Å². The number of fused-ring (bicyclic) bond motifs is 1. The Kier molecular flexibility index (Phi) is 6.07. The number of carbonyl (C=O) groups excluding carboxylic acids is 1. The molecule has 1 fully saturated rings. The fourth-order valence-corrected chi connectivity index (χ4v) is 3.96. The van der Waals surface area contributed by atoms with Crippen LogP contribution in [0.4, 0.5) is 0 Å². The number of hydrogen-bond acceptors (Lipinski definition) is 8. The molecule has 168 valence electrons. The zero-order valence-electron chi connectivity index (χ0n) is 18.0. The predicted octanol–water partition coefficient (Wildman–Crippen LogP) is 2.45. The number of nitrogens with zero attached hydrogens (tertiary/aromatic N) is 5. The van der Waals surface area contributed by atoms with Gasteiger partial charge in [-0.3, -0.25) is 24.7 Å². The normalized spacial score (nSPS) is 16.0. The number of aliphatic hydroxyl groups excluding tert-OH is 1. The topological polar surface area (TPSA) is 107 Å². The summed E-state index contributed by atoms with van der Waals surface area (Å²) in [4.78, 5) is 23.8. The number of hydrogen-bond donors (Lipinski definition) is 2. The Morgan fingerprint density at radius 2 is 1.94 bits per heavy atom. The molecule has 1 aliphatic heterocycles. The highest BCUT2D eigenvalue weighted by atomic mass is 16.5. The Bertz CT molecular complexity index is 1220. The SMILES string of the molecule is O=CC(O)N1CCN(Cc2cnc3cc(Oc4ccc(-c5ccn[nH]5)cn4)ccc3c2)CC1. The monoisotopic (exact) mass is 444 g/mol. The number of benzene rings is 1. The lowest BCUT2D eigenvalue weighted by Gasteiger charge is -2.35. The molecule has 4 heterocycles. The first kappa shape index (κ1) is 21.2. The van der Waals surface area contributed by atoms with Crippen LogP contribution in [-0.4, -0.2) is 73.8 Å². The van der Waals surface area contributed by atoms with E-state index in [9.17, 15) is 9.90 Å². The van der Waals surface area contributed by atoms with Gasteiger partial charge in [0, 0.05) is 74.4 Å². The first-order valence-corrected chi connectivity index (χ1v) is 10.8. The third kappa shape index (κ3) is 4.90. The molecule has 0 bridgehead atoms. The van der Waals surface area contributed by atoms with Crippen LogP contribution in [0.1, 0.15) is 5.56 Å². The van der Waals surface area contributed by atoms with E-state index in [0.29, 0.717) is 31.0 Å². The number of aromatic amines is 1. The van der Waals surface area contributed by atoms with Gasteiger partial charge in [-0.25, -0.2) is 4.98 Å². The van der Waals surface area contributed by atoms with Crippen molar-refractivity contribution in [1.82, 2.24) is 30.0 Å². The third-order valence-corrected chi connectivity index (χ3v) is 5.79. The molecule has 1 saturated heterocycles. The van der Waals surface area contributed by atoms with Gasteiger partial charge in [-0.1, -0.05) is 0 Å². The summed E-state index contributed by atoms with van der Waals surface area (Å²) in [6.45, 7) is 3.69. The molecule has 4 aromatic rings. The van der Waals surface area contributed by atoms with E-state index in [-0.39, 0.29) is 0 Å². The molecule has 33 heavy (non-hydrogen) atoms. The molecule has 9 heteroatoms.